The van der Waals surface area contributed by atoms with E-state index in [9.17, 15) is 9.90 Å². The van der Waals surface area contributed by atoms with Crippen LogP contribution in [0.5, 0.6) is 0 Å². The predicted molar refractivity (Wildman–Crippen MR) is 57.2 cm³/mol. The summed E-state index contributed by atoms with van der Waals surface area (Å²) in [6, 6.07) is 0. The third kappa shape index (κ3) is 7.76. The highest BCUT2D eigenvalue weighted by Gasteiger charge is 2.08. The van der Waals surface area contributed by atoms with Crippen LogP contribution in [0.1, 0.15) is 20.3 Å². The van der Waals surface area contributed by atoms with E-state index in [0.29, 0.717) is 5.57 Å². The van der Waals surface area contributed by atoms with Crippen molar-refractivity contribution in [2.45, 2.75) is 26.4 Å². The molecule has 0 aromatic rings. The summed E-state index contributed by atoms with van der Waals surface area (Å²) in [6.07, 6.45) is 3.41. The summed E-state index contributed by atoms with van der Waals surface area (Å²) >= 11 is 0. The maximum absolute atomic E-state index is 10.9. The number of aliphatic hydroxyl groups is 1. The van der Waals surface area contributed by atoms with Crippen molar-refractivity contribution >= 4 is 5.97 Å². The Morgan fingerprint density at radius 3 is 2.73 bits per heavy atom. The summed E-state index contributed by atoms with van der Waals surface area (Å²) in [5, 5.41) is 9.31. The maximum Gasteiger partial charge on any atom is 0.333 e. The first-order chi connectivity index (χ1) is 7.07. The van der Waals surface area contributed by atoms with E-state index in [2.05, 4.69) is 6.58 Å². The lowest BCUT2D eigenvalue weighted by Crippen LogP contribution is -2.23. The smallest absolute Gasteiger partial charge is 0.333 e. The monoisotopic (exact) mass is 214 g/mol. The molecule has 0 aliphatic rings. The van der Waals surface area contributed by atoms with Crippen molar-refractivity contribution in [3.63, 3.8) is 0 Å². The molecule has 0 fully saturated rings. The molecule has 4 nitrogen and oxygen atoms in total. The number of carbonyl (C=O) groups is 1. The third-order valence-corrected chi connectivity index (χ3v) is 1.47. The summed E-state index contributed by atoms with van der Waals surface area (Å²) in [4.78, 5) is 10.9. The number of aliphatic hydroxyl groups excluding tert-OH is 1. The Balaban J connectivity index is 3.57. The molecule has 0 aromatic carbocycles. The summed E-state index contributed by atoms with van der Waals surface area (Å²) in [7, 11) is 0. The van der Waals surface area contributed by atoms with Crippen LogP contribution < -0.4 is 0 Å². The number of carbonyl (C=O) groups excluding carboxylic acids is 1. The molecule has 0 saturated carbocycles. The molecule has 86 valence electrons. The van der Waals surface area contributed by atoms with Gasteiger partial charge in [0.2, 0.25) is 0 Å². The van der Waals surface area contributed by atoms with Crippen LogP contribution in [0.25, 0.3) is 0 Å². The van der Waals surface area contributed by atoms with Crippen LogP contribution in [0.2, 0.25) is 0 Å². The average Bonchev–Trinajstić information content (AvgIpc) is 2.20. The fourth-order valence-electron chi connectivity index (χ4n) is 0.674. The van der Waals surface area contributed by atoms with Crippen molar-refractivity contribution < 1.29 is 19.4 Å². The minimum absolute atomic E-state index is 0.0777. The summed E-state index contributed by atoms with van der Waals surface area (Å²) in [5.74, 6) is -0.502. The van der Waals surface area contributed by atoms with E-state index < -0.39 is 12.1 Å². The van der Waals surface area contributed by atoms with Gasteiger partial charge in [-0.25, -0.2) is 4.79 Å². The molecule has 0 saturated heterocycles. The van der Waals surface area contributed by atoms with Gasteiger partial charge in [0.15, 0.2) is 0 Å². The van der Waals surface area contributed by atoms with Crippen LogP contribution in [-0.4, -0.2) is 30.4 Å². The van der Waals surface area contributed by atoms with Gasteiger partial charge in [-0.1, -0.05) is 19.6 Å². The van der Waals surface area contributed by atoms with Gasteiger partial charge in [-0.3, -0.25) is 0 Å². The van der Waals surface area contributed by atoms with Gasteiger partial charge in [-0.05, 0) is 13.3 Å². The number of allylic oxidation sites excluding steroid dienone is 1. The second-order valence-electron chi connectivity index (χ2n) is 3.15. The molecule has 1 atom stereocenters. The molecular weight excluding hydrogens is 196 g/mol. The Bertz CT molecular complexity index is 233. The molecule has 0 bridgehead atoms. The fourth-order valence-corrected chi connectivity index (χ4v) is 0.674. The Labute approximate surface area is 90.2 Å². The quantitative estimate of drug-likeness (QED) is 0.395. The van der Waals surface area contributed by atoms with Gasteiger partial charge in [-0.2, -0.15) is 0 Å². The average molecular weight is 214 g/mol. The van der Waals surface area contributed by atoms with Crippen LogP contribution in [0.3, 0.4) is 0 Å². The minimum atomic E-state index is -0.810. The highest BCUT2D eigenvalue weighted by Crippen LogP contribution is 1.95. The number of rotatable bonds is 7. The van der Waals surface area contributed by atoms with Crippen molar-refractivity contribution in [1.82, 2.24) is 0 Å². The molecule has 0 rings (SSSR count). The van der Waals surface area contributed by atoms with E-state index in [0.717, 1.165) is 6.42 Å². The minimum Gasteiger partial charge on any atom is -0.499 e. The first kappa shape index (κ1) is 13.7. The first-order valence-corrected chi connectivity index (χ1v) is 4.85. The highest BCUT2D eigenvalue weighted by molar-refractivity contribution is 5.86. The molecule has 0 radical (unpaired) electrons. The van der Waals surface area contributed by atoms with Gasteiger partial charge in [-0.15, -0.1) is 0 Å². The molecule has 0 aromatic heterocycles. The zero-order valence-corrected chi connectivity index (χ0v) is 9.23. The van der Waals surface area contributed by atoms with E-state index in [4.69, 9.17) is 9.47 Å². The van der Waals surface area contributed by atoms with Crippen LogP contribution >= 0.6 is 0 Å². The lowest BCUT2D eigenvalue weighted by atomic mass is 10.3. The largest absolute Gasteiger partial charge is 0.499 e. The number of ether oxygens (including phenoxy) is 2. The molecule has 0 aliphatic heterocycles. The van der Waals surface area contributed by atoms with Gasteiger partial charge in [0.1, 0.15) is 19.3 Å². The zero-order chi connectivity index (χ0) is 11.7. The second kappa shape index (κ2) is 8.05. The molecule has 1 N–H and O–H groups in total. The van der Waals surface area contributed by atoms with Crippen molar-refractivity contribution in [3.8, 4) is 0 Å². The van der Waals surface area contributed by atoms with E-state index in [1.807, 2.05) is 13.0 Å². The van der Waals surface area contributed by atoms with Crippen molar-refractivity contribution in [1.29, 1.82) is 0 Å². The predicted octanol–water partition coefficient (Wildman–Crippen LogP) is 1.41. The maximum atomic E-state index is 10.9. The molecule has 1 unspecified atom stereocenters. The Morgan fingerprint density at radius 1 is 1.53 bits per heavy atom. The van der Waals surface area contributed by atoms with Crippen LogP contribution in [0, 0.1) is 0 Å². The normalized spacial score (nSPS) is 12.5. The molecule has 0 aliphatic carbocycles. The van der Waals surface area contributed by atoms with Crippen molar-refractivity contribution in [3.05, 3.63) is 24.5 Å². The van der Waals surface area contributed by atoms with Gasteiger partial charge < -0.3 is 14.6 Å². The van der Waals surface area contributed by atoms with Gasteiger partial charge in [0, 0.05) is 5.57 Å². The fraction of sp³-hybridized carbons (Fsp3) is 0.545. The van der Waals surface area contributed by atoms with E-state index >= 15 is 0 Å². The van der Waals surface area contributed by atoms with Gasteiger partial charge in [0.25, 0.3) is 0 Å². The van der Waals surface area contributed by atoms with Gasteiger partial charge in [0.05, 0.1) is 6.26 Å². The molecule has 4 heteroatoms. The number of hydrogen-bond donors (Lipinski definition) is 1. The lowest BCUT2D eigenvalue weighted by molar-refractivity contribution is -0.142. The highest BCUT2D eigenvalue weighted by atomic mass is 16.5. The second-order valence-corrected chi connectivity index (χ2v) is 3.15. The molecule has 15 heavy (non-hydrogen) atoms. The van der Waals surface area contributed by atoms with Crippen LogP contribution in [-0.2, 0) is 14.3 Å². The van der Waals surface area contributed by atoms with Gasteiger partial charge >= 0.3 is 5.97 Å². The van der Waals surface area contributed by atoms with Crippen molar-refractivity contribution in [2.24, 2.45) is 0 Å². The van der Waals surface area contributed by atoms with E-state index in [-0.39, 0.29) is 13.2 Å². The Kier molecular flexibility index (Phi) is 7.36. The van der Waals surface area contributed by atoms with E-state index in [1.165, 1.54) is 6.26 Å². The van der Waals surface area contributed by atoms with Crippen molar-refractivity contribution in [2.75, 3.05) is 13.2 Å². The van der Waals surface area contributed by atoms with Crippen LogP contribution in [0.4, 0.5) is 0 Å². The van der Waals surface area contributed by atoms with Crippen LogP contribution in [0.15, 0.2) is 24.5 Å². The number of esters is 1. The number of hydrogen-bond acceptors (Lipinski definition) is 4. The summed E-state index contributed by atoms with van der Waals surface area (Å²) < 4.78 is 9.71. The zero-order valence-electron chi connectivity index (χ0n) is 9.23. The third-order valence-electron chi connectivity index (χ3n) is 1.47. The summed E-state index contributed by atoms with van der Waals surface area (Å²) in [6.45, 7) is 6.98. The lowest BCUT2D eigenvalue weighted by Gasteiger charge is -2.10. The molecular formula is C11H18O4. The van der Waals surface area contributed by atoms with E-state index in [1.54, 1.807) is 6.92 Å². The Hall–Kier alpha value is -1.29. The molecule has 0 amide bonds. The molecule has 0 heterocycles. The first-order valence-electron chi connectivity index (χ1n) is 4.85. The molecule has 0 spiro atoms. The topological polar surface area (TPSA) is 55.8 Å². The Morgan fingerprint density at radius 2 is 2.20 bits per heavy atom. The SMILES string of the molecule is C=C(C)C(=O)OCC(O)COC=CCC. The summed E-state index contributed by atoms with van der Waals surface area (Å²) in [5.41, 5.74) is 0.314. The standard InChI is InChI=1S/C11H18O4/c1-4-5-6-14-7-10(12)8-15-11(13)9(2)3/h5-6,10,12H,2,4,7-8H2,1,3H3.